The van der Waals surface area contributed by atoms with Crippen LogP contribution in [0.5, 0.6) is 17.2 Å². The third kappa shape index (κ3) is 4.65. The van der Waals surface area contributed by atoms with Gasteiger partial charge in [0.15, 0.2) is 11.5 Å². The van der Waals surface area contributed by atoms with E-state index in [1.54, 1.807) is 13.2 Å². The van der Waals surface area contributed by atoms with Crippen LogP contribution < -0.4 is 19.5 Å². The molecule has 1 fully saturated rings. The number of hydrogen-bond acceptors (Lipinski definition) is 5. The summed E-state index contributed by atoms with van der Waals surface area (Å²) in [7, 11) is 1.68. The first-order valence-corrected chi connectivity index (χ1v) is 10.7. The predicted molar refractivity (Wildman–Crippen MR) is 115 cm³/mol. The first-order valence-electron chi connectivity index (χ1n) is 10.4. The summed E-state index contributed by atoms with van der Waals surface area (Å²) in [6.45, 7) is 2.42. The molecule has 0 saturated carbocycles. The van der Waals surface area contributed by atoms with Crippen LogP contribution in [0.4, 0.5) is 0 Å². The quantitative estimate of drug-likeness (QED) is 0.613. The van der Waals surface area contributed by atoms with E-state index >= 15 is 0 Å². The van der Waals surface area contributed by atoms with Gasteiger partial charge in [-0.1, -0.05) is 29.8 Å². The first-order chi connectivity index (χ1) is 14.7. The molecule has 0 aliphatic carbocycles. The summed E-state index contributed by atoms with van der Waals surface area (Å²) in [6, 6.07) is 12.0. The van der Waals surface area contributed by atoms with Crippen molar-refractivity contribution >= 4 is 17.5 Å². The van der Waals surface area contributed by atoms with Crippen molar-refractivity contribution in [3.8, 4) is 17.2 Å². The van der Waals surface area contributed by atoms with Crippen molar-refractivity contribution in [2.24, 2.45) is 0 Å². The molecule has 6 nitrogen and oxygen atoms in total. The van der Waals surface area contributed by atoms with Crippen molar-refractivity contribution in [3.05, 3.63) is 52.5 Å². The normalized spacial score (nSPS) is 17.6. The Balaban J connectivity index is 1.27. The Labute approximate surface area is 182 Å². The number of halogens is 1. The number of fused-ring (bicyclic) bond motifs is 1. The highest BCUT2D eigenvalue weighted by atomic mass is 35.5. The van der Waals surface area contributed by atoms with E-state index in [0.717, 1.165) is 55.0 Å². The Morgan fingerprint density at radius 1 is 1.20 bits per heavy atom. The lowest BCUT2D eigenvalue weighted by Gasteiger charge is -2.25. The molecule has 2 heterocycles. The summed E-state index contributed by atoms with van der Waals surface area (Å²) in [5.41, 5.74) is 2.12. The minimum atomic E-state index is 0.239. The molecule has 1 unspecified atom stereocenters. The van der Waals surface area contributed by atoms with E-state index in [2.05, 4.69) is 11.4 Å². The molecule has 0 bridgehead atoms. The second-order valence-corrected chi connectivity index (χ2v) is 8.01. The number of carbonyl (C=O) groups is 1. The van der Waals surface area contributed by atoms with Crippen molar-refractivity contribution < 1.29 is 19.0 Å². The molecule has 2 aromatic carbocycles. The molecule has 160 valence electrons. The van der Waals surface area contributed by atoms with Gasteiger partial charge in [-0.05, 0) is 49.1 Å². The van der Waals surface area contributed by atoms with E-state index in [9.17, 15) is 4.79 Å². The third-order valence-corrected chi connectivity index (χ3v) is 6.13. The smallest absolute Gasteiger partial charge is 0.231 e. The van der Waals surface area contributed by atoms with Crippen molar-refractivity contribution in [1.82, 2.24) is 10.2 Å². The number of rotatable bonds is 9. The molecule has 2 aliphatic rings. The number of methoxy groups -OCH3 is 1. The van der Waals surface area contributed by atoms with Crippen LogP contribution in [-0.2, 0) is 17.8 Å². The second kappa shape index (κ2) is 9.58. The number of ether oxygens (including phenoxy) is 3. The molecule has 7 heteroatoms. The number of carbonyl (C=O) groups excluding carboxylic acids is 1. The van der Waals surface area contributed by atoms with Crippen molar-refractivity contribution in [2.45, 2.75) is 38.3 Å². The van der Waals surface area contributed by atoms with Crippen LogP contribution in [0.15, 0.2) is 36.4 Å². The predicted octanol–water partition coefficient (Wildman–Crippen LogP) is 3.79. The molecule has 2 aromatic rings. The van der Waals surface area contributed by atoms with E-state index in [1.165, 1.54) is 0 Å². The summed E-state index contributed by atoms with van der Waals surface area (Å²) in [6.07, 6.45) is 3.26. The molecule has 0 aromatic heterocycles. The van der Waals surface area contributed by atoms with E-state index in [4.69, 9.17) is 25.8 Å². The molecule has 1 saturated heterocycles. The zero-order chi connectivity index (χ0) is 20.9. The maximum atomic E-state index is 12.4. The van der Waals surface area contributed by atoms with E-state index in [-0.39, 0.29) is 18.7 Å². The molecule has 30 heavy (non-hydrogen) atoms. The Hall–Kier alpha value is -2.44. The molecule has 1 amide bonds. The van der Waals surface area contributed by atoms with Gasteiger partial charge in [0.1, 0.15) is 5.75 Å². The number of benzene rings is 2. The molecular formula is C23H27ClN2O4. The van der Waals surface area contributed by atoms with Crippen LogP contribution >= 0.6 is 11.6 Å². The lowest BCUT2D eigenvalue weighted by atomic mass is 10.1. The lowest BCUT2D eigenvalue weighted by Crippen LogP contribution is -2.36. The van der Waals surface area contributed by atoms with Crippen LogP contribution in [0, 0.1) is 0 Å². The van der Waals surface area contributed by atoms with E-state index in [1.807, 2.05) is 29.2 Å². The zero-order valence-electron chi connectivity index (χ0n) is 17.2. The Morgan fingerprint density at radius 2 is 2.00 bits per heavy atom. The van der Waals surface area contributed by atoms with Gasteiger partial charge in [0, 0.05) is 36.6 Å². The monoisotopic (exact) mass is 430 g/mol. The van der Waals surface area contributed by atoms with Crippen molar-refractivity contribution in [2.75, 3.05) is 27.0 Å². The second-order valence-electron chi connectivity index (χ2n) is 7.60. The summed E-state index contributed by atoms with van der Waals surface area (Å²) in [5, 5.41) is 4.12. The van der Waals surface area contributed by atoms with Gasteiger partial charge in [-0.2, -0.15) is 0 Å². The third-order valence-electron chi connectivity index (χ3n) is 5.78. The van der Waals surface area contributed by atoms with Crippen LogP contribution in [0.25, 0.3) is 0 Å². The van der Waals surface area contributed by atoms with Gasteiger partial charge >= 0.3 is 0 Å². The Bertz CT molecular complexity index is 905. The fraction of sp³-hybridized carbons (Fsp3) is 0.435. The fourth-order valence-corrected chi connectivity index (χ4v) is 4.36. The average Bonchev–Trinajstić information content (AvgIpc) is 3.35. The molecular weight excluding hydrogens is 404 g/mol. The van der Waals surface area contributed by atoms with Crippen LogP contribution in [0.1, 0.15) is 30.4 Å². The van der Waals surface area contributed by atoms with Gasteiger partial charge < -0.3 is 24.4 Å². The summed E-state index contributed by atoms with van der Waals surface area (Å²) < 4.78 is 16.2. The molecule has 0 spiro atoms. The number of nitrogens with one attached hydrogen (secondary N) is 1. The zero-order valence-corrected chi connectivity index (χ0v) is 17.9. The largest absolute Gasteiger partial charge is 0.496 e. The molecule has 0 radical (unpaired) electrons. The number of amides is 1. The molecule has 1 N–H and O–H groups in total. The van der Waals surface area contributed by atoms with Crippen LogP contribution in [0.2, 0.25) is 5.02 Å². The summed E-state index contributed by atoms with van der Waals surface area (Å²) >= 11 is 6.34. The highest BCUT2D eigenvalue weighted by molar-refractivity contribution is 6.31. The SMILES string of the molecule is COc1ccccc1CCN1C(=O)CCC1CCNCc1cc2c(cc1Cl)OCO2. The first kappa shape index (κ1) is 20.8. The summed E-state index contributed by atoms with van der Waals surface area (Å²) in [5.74, 6) is 2.55. The number of nitrogens with zero attached hydrogens (tertiary/aromatic N) is 1. The van der Waals surface area contributed by atoms with Crippen LogP contribution in [-0.4, -0.2) is 43.8 Å². The number of hydrogen-bond donors (Lipinski definition) is 1. The van der Waals surface area contributed by atoms with Gasteiger partial charge in [0.25, 0.3) is 0 Å². The number of para-hydroxylation sites is 1. The Kier molecular flexibility index (Phi) is 6.65. The van der Waals surface area contributed by atoms with E-state index < -0.39 is 0 Å². The number of likely N-dealkylation sites (tertiary alicyclic amines) is 1. The topological polar surface area (TPSA) is 60.0 Å². The minimum absolute atomic E-state index is 0.239. The molecule has 2 aliphatic heterocycles. The van der Waals surface area contributed by atoms with Crippen molar-refractivity contribution in [3.63, 3.8) is 0 Å². The molecule has 4 rings (SSSR count). The van der Waals surface area contributed by atoms with Crippen molar-refractivity contribution in [1.29, 1.82) is 0 Å². The standard InChI is InChI=1S/C23H27ClN2O4/c1-28-20-5-3-2-4-16(20)9-11-26-18(6-7-23(26)27)8-10-25-14-17-12-21-22(13-19(17)24)30-15-29-21/h2-5,12-13,18,25H,6-11,14-15H2,1H3. The molecule has 1 atom stereocenters. The highest BCUT2D eigenvalue weighted by Crippen LogP contribution is 2.36. The fourth-order valence-electron chi connectivity index (χ4n) is 4.14. The van der Waals surface area contributed by atoms with Crippen LogP contribution in [0.3, 0.4) is 0 Å². The summed E-state index contributed by atoms with van der Waals surface area (Å²) in [4.78, 5) is 14.4. The maximum absolute atomic E-state index is 12.4. The highest BCUT2D eigenvalue weighted by Gasteiger charge is 2.30. The average molecular weight is 431 g/mol. The minimum Gasteiger partial charge on any atom is -0.496 e. The van der Waals surface area contributed by atoms with Gasteiger partial charge in [-0.15, -0.1) is 0 Å². The lowest BCUT2D eigenvalue weighted by molar-refractivity contribution is -0.129. The van der Waals surface area contributed by atoms with Gasteiger partial charge in [-0.3, -0.25) is 4.79 Å². The maximum Gasteiger partial charge on any atom is 0.231 e. The van der Waals surface area contributed by atoms with Gasteiger partial charge in [-0.25, -0.2) is 0 Å². The van der Waals surface area contributed by atoms with E-state index in [0.29, 0.717) is 23.7 Å². The van der Waals surface area contributed by atoms with Gasteiger partial charge in [0.2, 0.25) is 12.7 Å². The Morgan fingerprint density at radius 3 is 2.83 bits per heavy atom. The van der Waals surface area contributed by atoms with Gasteiger partial charge in [0.05, 0.1) is 7.11 Å².